The third-order valence-corrected chi connectivity index (χ3v) is 6.26. The number of ether oxygens (including phenoxy) is 1. The number of benzene rings is 2. The Labute approximate surface area is 202 Å². The number of alkyl halides is 2. The van der Waals surface area contributed by atoms with E-state index in [1.807, 2.05) is 0 Å². The highest BCUT2D eigenvalue weighted by molar-refractivity contribution is 6.31. The number of hydrogen-bond acceptors (Lipinski definition) is 6. The molecule has 0 saturated heterocycles. The largest absolute Gasteiger partial charge is 0.434 e. The average molecular weight is 505 g/mol. The Bertz CT molecular complexity index is 1420. The van der Waals surface area contributed by atoms with Crippen LogP contribution >= 0.6 is 11.6 Å². The Morgan fingerprint density at radius 3 is 2.57 bits per heavy atom. The monoisotopic (exact) mass is 504 g/mol. The van der Waals surface area contributed by atoms with Gasteiger partial charge in [0.05, 0.1) is 17.1 Å². The standard InChI is InChI=1S/C24H20ClF3N4O3/c1-24(2,34)22-29-9-11(10-30-22)12-6-16-15(7-14(12)26)31-21-18(33)8-17(32(16)21)20-13(25)4-3-5-19(20)35-23(27)28/h3-7,9-10,17-18,23,33-34H,8H2,1-2H3/t17-,18+/m1/s1. The first-order chi connectivity index (χ1) is 16.5. The van der Waals surface area contributed by atoms with Crippen molar-refractivity contribution < 1.29 is 28.1 Å². The van der Waals surface area contributed by atoms with Crippen molar-refractivity contribution in [1.29, 1.82) is 0 Å². The van der Waals surface area contributed by atoms with Gasteiger partial charge in [-0.15, -0.1) is 0 Å². The zero-order valence-corrected chi connectivity index (χ0v) is 19.3. The van der Waals surface area contributed by atoms with Crippen LogP contribution in [0.3, 0.4) is 0 Å². The molecule has 3 heterocycles. The van der Waals surface area contributed by atoms with Crippen LogP contribution in [-0.4, -0.2) is 36.3 Å². The molecule has 0 bridgehead atoms. The molecule has 0 radical (unpaired) electrons. The number of nitrogens with zero attached hydrogens (tertiary/aromatic N) is 4. The number of rotatable bonds is 5. The minimum Gasteiger partial charge on any atom is -0.434 e. The summed E-state index contributed by atoms with van der Waals surface area (Å²) in [4.78, 5) is 12.7. The fourth-order valence-electron chi connectivity index (χ4n) is 4.41. The van der Waals surface area contributed by atoms with Gasteiger partial charge in [-0.25, -0.2) is 19.3 Å². The second-order valence-electron chi connectivity index (χ2n) is 8.81. The van der Waals surface area contributed by atoms with Gasteiger partial charge in [-0.3, -0.25) is 0 Å². The van der Waals surface area contributed by atoms with E-state index in [1.165, 1.54) is 44.4 Å². The summed E-state index contributed by atoms with van der Waals surface area (Å²) in [5, 5.41) is 21.0. The van der Waals surface area contributed by atoms with Crippen molar-refractivity contribution in [2.75, 3.05) is 0 Å². The Morgan fingerprint density at radius 1 is 1.20 bits per heavy atom. The Balaban J connectivity index is 1.66. The van der Waals surface area contributed by atoms with Crippen molar-refractivity contribution in [2.24, 2.45) is 0 Å². The second-order valence-corrected chi connectivity index (χ2v) is 9.22. The van der Waals surface area contributed by atoms with Crippen LogP contribution in [-0.2, 0) is 5.60 Å². The number of aliphatic hydroxyl groups is 2. The lowest BCUT2D eigenvalue weighted by Crippen LogP contribution is -2.19. The van der Waals surface area contributed by atoms with Gasteiger partial charge in [0, 0.05) is 46.6 Å². The summed E-state index contributed by atoms with van der Waals surface area (Å²) in [7, 11) is 0. The number of aromatic nitrogens is 4. The van der Waals surface area contributed by atoms with Crippen molar-refractivity contribution >= 4 is 22.6 Å². The van der Waals surface area contributed by atoms with E-state index in [4.69, 9.17) is 16.3 Å². The predicted octanol–water partition coefficient (Wildman–Crippen LogP) is 5.14. The maximum absolute atomic E-state index is 15.1. The molecule has 2 N–H and O–H groups in total. The van der Waals surface area contributed by atoms with Crippen molar-refractivity contribution in [2.45, 2.75) is 44.6 Å². The number of aliphatic hydroxyl groups excluding tert-OH is 1. The minimum absolute atomic E-state index is 0.114. The Hall–Kier alpha value is -3.21. The number of halogens is 4. The van der Waals surface area contributed by atoms with Crippen LogP contribution in [0.4, 0.5) is 13.2 Å². The molecule has 11 heteroatoms. The first-order valence-corrected chi connectivity index (χ1v) is 11.1. The second kappa shape index (κ2) is 8.47. The Kier molecular flexibility index (Phi) is 5.70. The molecule has 1 aliphatic heterocycles. The van der Waals surface area contributed by atoms with Crippen LogP contribution in [0.1, 0.15) is 49.6 Å². The highest BCUT2D eigenvalue weighted by atomic mass is 35.5. The van der Waals surface area contributed by atoms with Crippen molar-refractivity contribution in [3.63, 3.8) is 0 Å². The molecule has 0 saturated carbocycles. The quantitative estimate of drug-likeness (QED) is 0.391. The minimum atomic E-state index is -3.06. The summed E-state index contributed by atoms with van der Waals surface area (Å²) in [6.07, 6.45) is 1.91. The van der Waals surface area contributed by atoms with Gasteiger partial charge in [0.1, 0.15) is 29.1 Å². The van der Waals surface area contributed by atoms with E-state index < -0.39 is 30.2 Å². The SMILES string of the molecule is CC(C)(O)c1ncc(-c2cc3c(cc2F)nc2n3[C@@H](c3c(Cl)cccc3OC(F)F)C[C@@H]2O)cn1. The molecule has 35 heavy (non-hydrogen) atoms. The van der Waals surface area contributed by atoms with Gasteiger partial charge in [0.2, 0.25) is 0 Å². The average Bonchev–Trinajstić information content (AvgIpc) is 3.29. The molecular weight excluding hydrogens is 485 g/mol. The van der Waals surface area contributed by atoms with Crippen LogP contribution in [0.25, 0.3) is 22.2 Å². The Morgan fingerprint density at radius 2 is 1.91 bits per heavy atom. The van der Waals surface area contributed by atoms with E-state index in [9.17, 15) is 19.0 Å². The predicted molar refractivity (Wildman–Crippen MR) is 122 cm³/mol. The third-order valence-electron chi connectivity index (χ3n) is 5.93. The van der Waals surface area contributed by atoms with Crippen LogP contribution < -0.4 is 4.74 Å². The summed E-state index contributed by atoms with van der Waals surface area (Å²) in [5.41, 5.74) is 0.294. The van der Waals surface area contributed by atoms with Gasteiger partial charge < -0.3 is 19.5 Å². The van der Waals surface area contributed by atoms with Gasteiger partial charge in [-0.05, 0) is 32.0 Å². The molecule has 0 unspecified atom stereocenters. The summed E-state index contributed by atoms with van der Waals surface area (Å²) >= 11 is 6.39. The molecule has 5 rings (SSSR count). The maximum Gasteiger partial charge on any atom is 0.387 e. The van der Waals surface area contributed by atoms with E-state index in [0.717, 1.165) is 0 Å². The zero-order chi connectivity index (χ0) is 25.1. The third kappa shape index (κ3) is 4.11. The summed E-state index contributed by atoms with van der Waals surface area (Å²) in [5.74, 6) is -0.253. The fourth-order valence-corrected chi connectivity index (χ4v) is 4.70. The number of hydrogen-bond donors (Lipinski definition) is 2. The summed E-state index contributed by atoms with van der Waals surface area (Å²) < 4.78 is 47.5. The zero-order valence-electron chi connectivity index (χ0n) is 18.6. The number of fused-ring (bicyclic) bond motifs is 3. The van der Waals surface area contributed by atoms with Crippen LogP contribution in [0, 0.1) is 5.82 Å². The first kappa shape index (κ1) is 23.5. The molecule has 7 nitrogen and oxygen atoms in total. The lowest BCUT2D eigenvalue weighted by atomic mass is 10.0. The summed E-state index contributed by atoms with van der Waals surface area (Å²) in [6, 6.07) is 6.51. The topological polar surface area (TPSA) is 93.3 Å². The molecule has 4 aromatic rings. The van der Waals surface area contributed by atoms with E-state index in [0.29, 0.717) is 11.1 Å². The normalized spacial score (nSPS) is 17.9. The van der Waals surface area contributed by atoms with E-state index in [1.54, 1.807) is 16.7 Å². The van der Waals surface area contributed by atoms with Gasteiger partial charge in [0.25, 0.3) is 0 Å². The molecule has 0 spiro atoms. The van der Waals surface area contributed by atoms with E-state index >= 15 is 4.39 Å². The molecule has 182 valence electrons. The first-order valence-electron chi connectivity index (χ1n) is 10.7. The molecule has 1 aliphatic rings. The highest BCUT2D eigenvalue weighted by Crippen LogP contribution is 2.47. The van der Waals surface area contributed by atoms with Crippen LogP contribution in [0.2, 0.25) is 5.02 Å². The van der Waals surface area contributed by atoms with E-state index in [2.05, 4.69) is 15.0 Å². The molecule has 0 fully saturated rings. The van der Waals surface area contributed by atoms with Crippen molar-refractivity contribution in [3.8, 4) is 16.9 Å². The van der Waals surface area contributed by atoms with Crippen molar-refractivity contribution in [1.82, 2.24) is 19.5 Å². The highest BCUT2D eigenvalue weighted by Gasteiger charge is 2.37. The summed E-state index contributed by atoms with van der Waals surface area (Å²) in [6.45, 7) is 0.0115. The molecule has 2 aromatic carbocycles. The van der Waals surface area contributed by atoms with Crippen LogP contribution in [0.15, 0.2) is 42.7 Å². The van der Waals surface area contributed by atoms with Gasteiger partial charge in [-0.1, -0.05) is 17.7 Å². The van der Waals surface area contributed by atoms with Gasteiger partial charge >= 0.3 is 6.61 Å². The smallest absolute Gasteiger partial charge is 0.387 e. The fraction of sp³-hybridized carbons (Fsp3) is 0.292. The number of imidazole rings is 1. The van der Waals surface area contributed by atoms with Crippen molar-refractivity contribution in [3.05, 3.63) is 70.8 Å². The molecule has 2 atom stereocenters. The molecule has 0 aliphatic carbocycles. The van der Waals surface area contributed by atoms with Crippen LogP contribution in [0.5, 0.6) is 5.75 Å². The lowest BCUT2D eigenvalue weighted by Gasteiger charge is -2.20. The van der Waals surface area contributed by atoms with Gasteiger partial charge in [-0.2, -0.15) is 8.78 Å². The molecular formula is C24H20ClF3N4O3. The lowest BCUT2D eigenvalue weighted by molar-refractivity contribution is -0.0507. The molecule has 0 amide bonds. The molecule has 2 aromatic heterocycles. The van der Waals surface area contributed by atoms with Gasteiger partial charge in [0.15, 0.2) is 5.82 Å². The maximum atomic E-state index is 15.1. The van der Waals surface area contributed by atoms with E-state index in [-0.39, 0.29) is 45.5 Å².